The van der Waals surface area contributed by atoms with Gasteiger partial charge in [-0.05, 0) is 48.5 Å². The Balaban J connectivity index is 1.85. The monoisotopic (exact) mass is 462 g/mol. The van der Waals surface area contributed by atoms with E-state index in [2.05, 4.69) is 9.44 Å². The predicted molar refractivity (Wildman–Crippen MR) is 111 cm³/mol. The SMILES string of the molecule is Nc1ccc(S(=O)(=O)NCCS(=O)(=O)CCNS(=O)(=O)c2ccc(N)cc2)cc1. The maximum absolute atomic E-state index is 12.1. The van der Waals surface area contributed by atoms with Crippen LogP contribution in [0.25, 0.3) is 0 Å². The van der Waals surface area contributed by atoms with Gasteiger partial charge in [-0.1, -0.05) is 0 Å². The second-order valence-corrected chi connectivity index (χ2v) is 11.9. The van der Waals surface area contributed by atoms with Gasteiger partial charge in [-0.25, -0.2) is 34.7 Å². The second-order valence-electron chi connectivity index (χ2n) is 6.09. The quantitative estimate of drug-likeness (QED) is 0.342. The highest BCUT2D eigenvalue weighted by Gasteiger charge is 2.18. The molecule has 2 aromatic carbocycles. The lowest BCUT2D eigenvalue weighted by Crippen LogP contribution is -2.33. The molecule has 0 amide bonds. The lowest BCUT2D eigenvalue weighted by molar-refractivity contribution is 0.579. The van der Waals surface area contributed by atoms with Crippen molar-refractivity contribution in [3.8, 4) is 0 Å². The highest BCUT2D eigenvalue weighted by Crippen LogP contribution is 2.12. The van der Waals surface area contributed by atoms with Gasteiger partial charge in [0.25, 0.3) is 0 Å². The predicted octanol–water partition coefficient (Wildman–Crippen LogP) is -0.477. The summed E-state index contributed by atoms with van der Waals surface area (Å²) in [6, 6.07) is 10.9. The molecule has 6 N–H and O–H groups in total. The summed E-state index contributed by atoms with van der Waals surface area (Å²) in [7, 11) is -11.4. The van der Waals surface area contributed by atoms with Gasteiger partial charge < -0.3 is 11.5 Å². The Morgan fingerprint density at radius 3 is 1.21 bits per heavy atom. The zero-order valence-corrected chi connectivity index (χ0v) is 17.7. The third-order valence-electron chi connectivity index (χ3n) is 3.79. The fourth-order valence-corrected chi connectivity index (χ4v) is 5.58. The molecule has 0 saturated carbocycles. The summed E-state index contributed by atoms with van der Waals surface area (Å²) in [6.45, 7) is -0.695. The number of hydrogen-bond donors (Lipinski definition) is 4. The Morgan fingerprint density at radius 1 is 0.586 bits per heavy atom. The van der Waals surface area contributed by atoms with E-state index in [1.165, 1.54) is 48.5 Å². The Hall–Kier alpha value is -2.19. The fourth-order valence-electron chi connectivity index (χ4n) is 2.23. The summed E-state index contributed by atoms with van der Waals surface area (Å²) in [6.07, 6.45) is 0. The molecule has 0 fully saturated rings. The van der Waals surface area contributed by atoms with E-state index in [1.54, 1.807) is 0 Å². The molecule has 0 bridgehead atoms. The van der Waals surface area contributed by atoms with Crippen molar-refractivity contribution in [3.63, 3.8) is 0 Å². The number of sulfonamides is 2. The van der Waals surface area contributed by atoms with Crippen molar-refractivity contribution < 1.29 is 25.3 Å². The molecule has 2 aromatic rings. The van der Waals surface area contributed by atoms with Crippen LogP contribution in [0.1, 0.15) is 0 Å². The summed E-state index contributed by atoms with van der Waals surface area (Å²) in [5, 5.41) is 0. The first kappa shape index (κ1) is 23.1. The first-order valence-corrected chi connectivity index (χ1v) is 13.1. The molecular formula is C16H22N4O6S3. The minimum absolute atomic E-state index is 0.0413. The molecule has 0 saturated heterocycles. The number of rotatable bonds is 10. The van der Waals surface area contributed by atoms with Crippen molar-refractivity contribution in [2.45, 2.75) is 9.79 Å². The molecule has 29 heavy (non-hydrogen) atoms. The van der Waals surface area contributed by atoms with E-state index in [9.17, 15) is 25.3 Å². The number of nitrogens with one attached hydrogen (secondary N) is 2. The van der Waals surface area contributed by atoms with E-state index < -0.39 is 41.4 Å². The van der Waals surface area contributed by atoms with E-state index in [1.807, 2.05) is 0 Å². The summed E-state index contributed by atoms with van der Waals surface area (Å²) < 4.78 is 76.9. The van der Waals surface area contributed by atoms with Gasteiger partial charge >= 0.3 is 0 Å². The molecule has 0 atom stereocenters. The topological polar surface area (TPSA) is 179 Å². The minimum Gasteiger partial charge on any atom is -0.399 e. The molecular weight excluding hydrogens is 440 g/mol. The van der Waals surface area contributed by atoms with E-state index >= 15 is 0 Å². The van der Waals surface area contributed by atoms with E-state index in [4.69, 9.17) is 11.5 Å². The summed E-state index contributed by atoms with van der Waals surface area (Å²) in [5.41, 5.74) is 11.8. The number of nitrogens with two attached hydrogens (primary N) is 2. The summed E-state index contributed by atoms with van der Waals surface area (Å²) in [5.74, 6) is -0.963. The maximum atomic E-state index is 12.1. The highest BCUT2D eigenvalue weighted by atomic mass is 32.2. The first-order valence-electron chi connectivity index (χ1n) is 8.32. The van der Waals surface area contributed by atoms with Crippen molar-refractivity contribution in [2.75, 3.05) is 36.1 Å². The second kappa shape index (κ2) is 9.09. The molecule has 13 heteroatoms. The number of anilines is 2. The Labute approximate surface area is 170 Å². The molecule has 0 radical (unpaired) electrons. The number of benzene rings is 2. The van der Waals surface area contributed by atoms with Gasteiger partial charge in [0, 0.05) is 24.5 Å². The van der Waals surface area contributed by atoms with Crippen molar-refractivity contribution in [3.05, 3.63) is 48.5 Å². The summed E-state index contributed by atoms with van der Waals surface area (Å²) in [4.78, 5) is -0.0827. The van der Waals surface area contributed by atoms with Crippen LogP contribution >= 0.6 is 0 Å². The van der Waals surface area contributed by atoms with Gasteiger partial charge in [-0.2, -0.15) is 0 Å². The van der Waals surface area contributed by atoms with Gasteiger partial charge in [0.05, 0.1) is 21.3 Å². The van der Waals surface area contributed by atoms with Crippen LogP contribution in [-0.2, 0) is 29.9 Å². The molecule has 0 spiro atoms. The van der Waals surface area contributed by atoms with Crippen LogP contribution in [0.15, 0.2) is 58.3 Å². The van der Waals surface area contributed by atoms with Crippen LogP contribution < -0.4 is 20.9 Å². The molecule has 0 heterocycles. The number of hydrogen-bond acceptors (Lipinski definition) is 8. The summed E-state index contributed by atoms with van der Waals surface area (Å²) >= 11 is 0. The third kappa shape index (κ3) is 6.97. The highest BCUT2D eigenvalue weighted by molar-refractivity contribution is 7.92. The van der Waals surface area contributed by atoms with Gasteiger partial charge in [0.15, 0.2) is 9.84 Å². The Bertz CT molecular complexity index is 1060. The largest absolute Gasteiger partial charge is 0.399 e. The van der Waals surface area contributed by atoms with Crippen molar-refractivity contribution in [1.82, 2.24) is 9.44 Å². The standard InChI is InChI=1S/C16H22N4O6S3/c17-13-1-5-15(6-2-13)28(23,24)19-9-11-27(21,22)12-10-20-29(25,26)16-7-3-14(18)4-8-16/h1-8,19-20H,9-12,17-18H2. The average molecular weight is 463 g/mol. The van der Waals surface area contributed by atoms with E-state index in [0.717, 1.165) is 0 Å². The molecule has 10 nitrogen and oxygen atoms in total. The minimum atomic E-state index is -3.87. The molecule has 0 aliphatic rings. The van der Waals surface area contributed by atoms with Crippen LogP contribution in [-0.4, -0.2) is 49.8 Å². The zero-order chi connectivity index (χ0) is 21.7. The van der Waals surface area contributed by atoms with E-state index in [0.29, 0.717) is 11.4 Å². The molecule has 160 valence electrons. The third-order valence-corrected chi connectivity index (χ3v) is 8.40. The van der Waals surface area contributed by atoms with Gasteiger partial charge in [-0.3, -0.25) is 0 Å². The van der Waals surface area contributed by atoms with Crippen molar-refractivity contribution in [2.24, 2.45) is 0 Å². The average Bonchev–Trinajstić information content (AvgIpc) is 2.61. The van der Waals surface area contributed by atoms with Gasteiger partial charge in [-0.15, -0.1) is 0 Å². The smallest absolute Gasteiger partial charge is 0.240 e. The number of nitrogen functional groups attached to an aromatic ring is 2. The van der Waals surface area contributed by atoms with E-state index in [-0.39, 0.29) is 22.9 Å². The van der Waals surface area contributed by atoms with Crippen LogP contribution in [0.4, 0.5) is 11.4 Å². The molecule has 2 rings (SSSR count). The van der Waals surface area contributed by atoms with Crippen molar-refractivity contribution in [1.29, 1.82) is 0 Å². The van der Waals surface area contributed by atoms with Gasteiger partial charge in [0.2, 0.25) is 20.0 Å². The van der Waals surface area contributed by atoms with Crippen LogP contribution in [0.5, 0.6) is 0 Å². The molecule has 0 aliphatic heterocycles. The van der Waals surface area contributed by atoms with Crippen LogP contribution in [0.2, 0.25) is 0 Å². The number of sulfone groups is 1. The molecule has 0 unspecified atom stereocenters. The first-order chi connectivity index (χ1) is 13.4. The van der Waals surface area contributed by atoms with Crippen molar-refractivity contribution >= 4 is 41.3 Å². The Morgan fingerprint density at radius 2 is 0.897 bits per heavy atom. The van der Waals surface area contributed by atoms with Crippen LogP contribution in [0.3, 0.4) is 0 Å². The van der Waals surface area contributed by atoms with Crippen LogP contribution in [0, 0.1) is 0 Å². The molecule has 0 aliphatic carbocycles. The zero-order valence-electron chi connectivity index (χ0n) is 15.3. The Kier molecular flexibility index (Phi) is 7.24. The fraction of sp³-hybridized carbons (Fsp3) is 0.250. The molecule has 0 aromatic heterocycles. The normalized spacial score (nSPS) is 12.7. The lowest BCUT2D eigenvalue weighted by atomic mass is 10.3. The van der Waals surface area contributed by atoms with Gasteiger partial charge in [0.1, 0.15) is 0 Å². The maximum Gasteiger partial charge on any atom is 0.240 e. The lowest BCUT2D eigenvalue weighted by Gasteiger charge is -2.09.